The SMILES string of the molecule is CCc1nc2ccc(Br)cc2c(=O)n1N=Cc1ccc(O[C@H](C)C(=O)O)c(Cl)c1. The van der Waals surface area contributed by atoms with Gasteiger partial charge in [0, 0.05) is 10.9 Å². The highest BCUT2D eigenvalue weighted by atomic mass is 79.9. The highest BCUT2D eigenvalue weighted by Crippen LogP contribution is 2.26. The molecule has 0 unspecified atom stereocenters. The Balaban J connectivity index is 1.96. The fourth-order valence-electron chi connectivity index (χ4n) is 2.60. The third kappa shape index (κ3) is 4.65. The number of ether oxygens (including phenoxy) is 1. The van der Waals surface area contributed by atoms with E-state index >= 15 is 0 Å². The number of benzene rings is 2. The van der Waals surface area contributed by atoms with Crippen LogP contribution in [-0.4, -0.2) is 33.1 Å². The number of aryl methyl sites for hydroxylation is 1. The highest BCUT2D eigenvalue weighted by Gasteiger charge is 2.14. The first kappa shape index (κ1) is 21.0. The van der Waals surface area contributed by atoms with Crippen molar-refractivity contribution in [3.63, 3.8) is 0 Å². The summed E-state index contributed by atoms with van der Waals surface area (Å²) in [4.78, 5) is 28.3. The molecule has 0 radical (unpaired) electrons. The van der Waals surface area contributed by atoms with E-state index in [1.54, 1.807) is 30.3 Å². The molecular weight excluding hydrogens is 462 g/mol. The fraction of sp³-hybridized carbons (Fsp3) is 0.200. The summed E-state index contributed by atoms with van der Waals surface area (Å²) in [7, 11) is 0. The first-order chi connectivity index (χ1) is 13.8. The summed E-state index contributed by atoms with van der Waals surface area (Å²) in [5.41, 5.74) is 0.956. The number of fused-ring (bicyclic) bond motifs is 1. The topological polar surface area (TPSA) is 93.8 Å². The zero-order valence-corrected chi connectivity index (χ0v) is 17.9. The van der Waals surface area contributed by atoms with Gasteiger partial charge in [-0.3, -0.25) is 4.79 Å². The van der Waals surface area contributed by atoms with E-state index in [0.29, 0.717) is 28.7 Å². The lowest BCUT2D eigenvalue weighted by Crippen LogP contribution is -2.23. The lowest BCUT2D eigenvalue weighted by molar-refractivity contribution is -0.144. The molecule has 0 aliphatic rings. The first-order valence-electron chi connectivity index (χ1n) is 8.74. The molecule has 7 nitrogen and oxygen atoms in total. The van der Waals surface area contributed by atoms with Crippen molar-refractivity contribution in [2.75, 3.05) is 0 Å². The quantitative estimate of drug-likeness (QED) is 0.538. The molecule has 1 aromatic heterocycles. The molecule has 29 heavy (non-hydrogen) atoms. The van der Waals surface area contributed by atoms with Crippen molar-refractivity contribution < 1.29 is 14.6 Å². The normalized spacial score (nSPS) is 12.4. The maximum absolute atomic E-state index is 12.9. The minimum Gasteiger partial charge on any atom is -0.479 e. The number of carbonyl (C=O) groups is 1. The molecule has 2 aromatic carbocycles. The fourth-order valence-corrected chi connectivity index (χ4v) is 3.20. The second-order valence-electron chi connectivity index (χ2n) is 6.19. The summed E-state index contributed by atoms with van der Waals surface area (Å²) < 4.78 is 7.34. The van der Waals surface area contributed by atoms with Crippen molar-refractivity contribution in [1.29, 1.82) is 0 Å². The van der Waals surface area contributed by atoms with Crippen LogP contribution in [0, 0.1) is 0 Å². The van der Waals surface area contributed by atoms with Gasteiger partial charge in [0.1, 0.15) is 11.6 Å². The van der Waals surface area contributed by atoms with Crippen molar-refractivity contribution in [2.24, 2.45) is 5.10 Å². The molecule has 1 atom stereocenters. The Kier molecular flexibility index (Phi) is 6.34. The molecule has 0 saturated carbocycles. The van der Waals surface area contributed by atoms with E-state index in [2.05, 4.69) is 26.0 Å². The molecule has 0 amide bonds. The molecule has 0 aliphatic carbocycles. The van der Waals surface area contributed by atoms with E-state index in [4.69, 9.17) is 21.4 Å². The van der Waals surface area contributed by atoms with Gasteiger partial charge in [0.25, 0.3) is 5.56 Å². The van der Waals surface area contributed by atoms with Gasteiger partial charge in [0.2, 0.25) is 0 Å². The van der Waals surface area contributed by atoms with Crippen LogP contribution in [0.4, 0.5) is 0 Å². The number of nitrogens with zero attached hydrogens (tertiary/aromatic N) is 3. The van der Waals surface area contributed by atoms with E-state index < -0.39 is 12.1 Å². The van der Waals surface area contributed by atoms with Gasteiger partial charge < -0.3 is 9.84 Å². The van der Waals surface area contributed by atoms with E-state index in [1.165, 1.54) is 17.8 Å². The number of carboxylic acid groups (broad SMARTS) is 1. The lowest BCUT2D eigenvalue weighted by Gasteiger charge is -2.12. The Morgan fingerprint density at radius 1 is 1.38 bits per heavy atom. The Hall–Kier alpha value is -2.71. The number of aliphatic carboxylic acids is 1. The standard InChI is InChI=1S/C20H17BrClN3O4/c1-3-18-24-16-6-5-13(21)9-14(16)19(26)25(18)23-10-12-4-7-17(15(22)8-12)29-11(2)20(27)28/h4-11H,3H2,1-2H3,(H,27,28)/t11-/m1/s1. The van der Waals surface area contributed by atoms with Crippen LogP contribution in [0.25, 0.3) is 10.9 Å². The second kappa shape index (κ2) is 8.75. The van der Waals surface area contributed by atoms with Crippen LogP contribution in [0.15, 0.2) is 50.8 Å². The number of rotatable bonds is 6. The van der Waals surface area contributed by atoms with E-state index in [0.717, 1.165) is 4.47 Å². The minimum absolute atomic E-state index is 0.241. The molecule has 9 heteroatoms. The summed E-state index contributed by atoms with van der Waals surface area (Å²) in [5.74, 6) is -0.307. The Morgan fingerprint density at radius 2 is 2.14 bits per heavy atom. The average molecular weight is 479 g/mol. The van der Waals surface area contributed by atoms with Crippen molar-refractivity contribution in [3.05, 3.63) is 67.6 Å². The van der Waals surface area contributed by atoms with Crippen LogP contribution < -0.4 is 10.3 Å². The predicted molar refractivity (Wildman–Crippen MR) is 115 cm³/mol. The van der Waals surface area contributed by atoms with Gasteiger partial charge in [-0.2, -0.15) is 9.78 Å². The molecule has 3 aromatic rings. The van der Waals surface area contributed by atoms with Gasteiger partial charge in [-0.1, -0.05) is 34.5 Å². The summed E-state index contributed by atoms with van der Waals surface area (Å²) in [6, 6.07) is 10.1. The van der Waals surface area contributed by atoms with Crippen LogP contribution in [-0.2, 0) is 11.2 Å². The first-order valence-corrected chi connectivity index (χ1v) is 9.91. The molecule has 0 fully saturated rings. The summed E-state index contributed by atoms with van der Waals surface area (Å²) in [6.45, 7) is 3.31. The van der Waals surface area contributed by atoms with Crippen LogP contribution in [0.2, 0.25) is 5.02 Å². The monoisotopic (exact) mass is 477 g/mol. The Morgan fingerprint density at radius 3 is 2.79 bits per heavy atom. The van der Waals surface area contributed by atoms with E-state index in [1.807, 2.05) is 13.0 Å². The molecular formula is C20H17BrClN3O4. The third-order valence-corrected chi connectivity index (χ3v) is 4.91. The largest absolute Gasteiger partial charge is 0.479 e. The summed E-state index contributed by atoms with van der Waals surface area (Å²) in [5, 5.41) is 13.9. The van der Waals surface area contributed by atoms with Gasteiger partial charge in [-0.15, -0.1) is 0 Å². The maximum atomic E-state index is 12.9. The Labute approximate surface area is 179 Å². The maximum Gasteiger partial charge on any atom is 0.344 e. The van der Waals surface area contributed by atoms with Crippen LogP contribution in [0.3, 0.4) is 0 Å². The average Bonchev–Trinajstić information content (AvgIpc) is 2.69. The summed E-state index contributed by atoms with van der Waals surface area (Å²) in [6.07, 6.45) is 0.988. The molecule has 1 N–H and O–H groups in total. The van der Waals surface area contributed by atoms with Gasteiger partial charge >= 0.3 is 5.97 Å². The van der Waals surface area contributed by atoms with Gasteiger partial charge in [0.15, 0.2) is 6.10 Å². The smallest absolute Gasteiger partial charge is 0.344 e. The number of aromatic nitrogens is 2. The van der Waals surface area contributed by atoms with Crippen molar-refractivity contribution >= 4 is 50.6 Å². The Bertz CT molecular complexity index is 1180. The number of hydrogen-bond acceptors (Lipinski definition) is 5. The van der Waals surface area contributed by atoms with E-state index in [9.17, 15) is 9.59 Å². The van der Waals surface area contributed by atoms with E-state index in [-0.39, 0.29) is 16.3 Å². The predicted octanol–water partition coefficient (Wildman–Crippen LogP) is 4.11. The molecule has 150 valence electrons. The zero-order chi connectivity index (χ0) is 21.1. The van der Waals surface area contributed by atoms with Gasteiger partial charge in [-0.25, -0.2) is 9.78 Å². The number of carboxylic acids is 1. The van der Waals surface area contributed by atoms with Crippen molar-refractivity contribution in [2.45, 2.75) is 26.4 Å². The van der Waals surface area contributed by atoms with Crippen LogP contribution in [0.5, 0.6) is 5.75 Å². The molecule has 0 bridgehead atoms. The van der Waals surface area contributed by atoms with Crippen LogP contribution in [0.1, 0.15) is 25.2 Å². The molecule has 0 aliphatic heterocycles. The van der Waals surface area contributed by atoms with Crippen molar-refractivity contribution in [3.8, 4) is 5.75 Å². The molecule has 3 rings (SSSR count). The second-order valence-corrected chi connectivity index (χ2v) is 7.52. The van der Waals surface area contributed by atoms with Gasteiger partial charge in [-0.05, 0) is 48.9 Å². The number of hydrogen-bond donors (Lipinski definition) is 1. The summed E-state index contributed by atoms with van der Waals surface area (Å²) >= 11 is 9.54. The van der Waals surface area contributed by atoms with Crippen molar-refractivity contribution in [1.82, 2.24) is 9.66 Å². The molecule has 0 spiro atoms. The highest BCUT2D eigenvalue weighted by molar-refractivity contribution is 9.10. The molecule has 0 saturated heterocycles. The lowest BCUT2D eigenvalue weighted by atomic mass is 10.2. The van der Waals surface area contributed by atoms with Crippen LogP contribution >= 0.6 is 27.5 Å². The van der Waals surface area contributed by atoms with Gasteiger partial charge in [0.05, 0.1) is 22.1 Å². The minimum atomic E-state index is -1.09. The molecule has 1 heterocycles. The zero-order valence-electron chi connectivity index (χ0n) is 15.6. The number of halogens is 2. The third-order valence-electron chi connectivity index (χ3n) is 4.12.